The van der Waals surface area contributed by atoms with Crippen LogP contribution in [0.25, 0.3) is 10.9 Å². The van der Waals surface area contributed by atoms with Crippen molar-refractivity contribution in [3.8, 4) is 17.6 Å². The van der Waals surface area contributed by atoms with Crippen molar-refractivity contribution in [1.29, 1.82) is 5.26 Å². The second-order valence-electron chi connectivity index (χ2n) is 5.83. The average molecular weight is 363 g/mol. The van der Waals surface area contributed by atoms with Crippen LogP contribution in [0.4, 0.5) is 0 Å². The Hall–Kier alpha value is -3.66. The van der Waals surface area contributed by atoms with Crippen LogP contribution in [0.5, 0.6) is 11.5 Å². The molecule has 0 fully saturated rings. The van der Waals surface area contributed by atoms with Gasteiger partial charge in [0, 0.05) is 18.9 Å². The van der Waals surface area contributed by atoms with E-state index >= 15 is 0 Å². The number of methoxy groups -OCH3 is 1. The molecule has 0 atom stereocenters. The molecular formula is C20H17N3O4. The molecular weight excluding hydrogens is 346 g/mol. The molecule has 0 radical (unpaired) electrons. The second-order valence-corrected chi connectivity index (χ2v) is 5.83. The third kappa shape index (κ3) is 4.30. The van der Waals surface area contributed by atoms with E-state index in [1.165, 1.54) is 19.2 Å². The number of para-hydroxylation sites is 1. The fraction of sp³-hybridized carbons (Fsp3) is 0.200. The molecule has 1 aromatic heterocycles. The fourth-order valence-electron chi connectivity index (χ4n) is 2.65. The molecule has 3 rings (SSSR count). The molecule has 7 nitrogen and oxygen atoms in total. The van der Waals surface area contributed by atoms with Gasteiger partial charge in [0.05, 0.1) is 29.6 Å². The van der Waals surface area contributed by atoms with Gasteiger partial charge in [-0.25, -0.2) is 4.98 Å². The number of carbonyl (C=O) groups excluding carboxylic acids is 1. The lowest BCUT2D eigenvalue weighted by Gasteiger charge is -2.09. The standard InChI is InChI=1S/C20H17N3O4/c1-26-17-11-13(12-21)9-10-16(17)27-19(24)8-4-7-18-22-15-6-3-2-5-14(15)20(25)23-18/h2-3,5-6,9-11H,4,7-8H2,1H3,(H,22,23,25). The molecule has 0 aliphatic rings. The molecule has 0 spiro atoms. The van der Waals surface area contributed by atoms with E-state index in [1.807, 2.05) is 12.1 Å². The molecule has 7 heteroatoms. The van der Waals surface area contributed by atoms with Crippen molar-refractivity contribution < 1.29 is 14.3 Å². The zero-order valence-electron chi connectivity index (χ0n) is 14.7. The first-order valence-corrected chi connectivity index (χ1v) is 8.37. The van der Waals surface area contributed by atoms with Crippen LogP contribution in [-0.4, -0.2) is 23.0 Å². The van der Waals surface area contributed by atoms with Crippen LogP contribution in [0.3, 0.4) is 0 Å². The first kappa shape index (κ1) is 18.1. The zero-order chi connectivity index (χ0) is 19.2. The predicted octanol–water partition coefficient (Wildman–Crippen LogP) is 2.73. The second kappa shape index (κ2) is 8.15. The van der Waals surface area contributed by atoms with Gasteiger partial charge in [0.1, 0.15) is 5.82 Å². The van der Waals surface area contributed by atoms with Crippen molar-refractivity contribution in [3.63, 3.8) is 0 Å². The van der Waals surface area contributed by atoms with Crippen LogP contribution in [0, 0.1) is 11.3 Å². The van der Waals surface area contributed by atoms with Gasteiger partial charge in [-0.15, -0.1) is 0 Å². The third-order valence-electron chi connectivity index (χ3n) is 3.97. The SMILES string of the molecule is COc1cc(C#N)ccc1OC(=O)CCCc1nc2ccccc2c(=O)[nH]1. The van der Waals surface area contributed by atoms with Crippen LogP contribution in [0.15, 0.2) is 47.3 Å². The van der Waals surface area contributed by atoms with E-state index in [9.17, 15) is 9.59 Å². The summed E-state index contributed by atoms with van der Waals surface area (Å²) in [7, 11) is 1.44. The van der Waals surface area contributed by atoms with E-state index in [1.54, 1.807) is 24.3 Å². The maximum Gasteiger partial charge on any atom is 0.311 e. The molecule has 2 aromatic carbocycles. The Morgan fingerprint density at radius 2 is 2.04 bits per heavy atom. The van der Waals surface area contributed by atoms with Crippen LogP contribution in [0.2, 0.25) is 0 Å². The van der Waals surface area contributed by atoms with E-state index in [2.05, 4.69) is 9.97 Å². The average Bonchev–Trinajstić information content (AvgIpc) is 2.68. The van der Waals surface area contributed by atoms with Crippen molar-refractivity contribution in [1.82, 2.24) is 9.97 Å². The van der Waals surface area contributed by atoms with Crippen LogP contribution >= 0.6 is 0 Å². The highest BCUT2D eigenvalue weighted by atomic mass is 16.6. The number of aryl methyl sites for hydroxylation is 1. The Morgan fingerprint density at radius 3 is 2.81 bits per heavy atom. The van der Waals surface area contributed by atoms with Gasteiger partial charge in [-0.2, -0.15) is 5.26 Å². The summed E-state index contributed by atoms with van der Waals surface area (Å²) < 4.78 is 10.4. The minimum absolute atomic E-state index is 0.152. The number of hydrogen-bond acceptors (Lipinski definition) is 6. The van der Waals surface area contributed by atoms with E-state index in [-0.39, 0.29) is 17.7 Å². The lowest BCUT2D eigenvalue weighted by molar-refractivity contribution is -0.134. The Morgan fingerprint density at radius 1 is 1.22 bits per heavy atom. The number of aromatic nitrogens is 2. The first-order valence-electron chi connectivity index (χ1n) is 8.37. The van der Waals surface area contributed by atoms with Crippen molar-refractivity contribution >= 4 is 16.9 Å². The van der Waals surface area contributed by atoms with Crippen molar-refractivity contribution in [2.45, 2.75) is 19.3 Å². The molecule has 0 amide bonds. The summed E-state index contributed by atoms with van der Waals surface area (Å²) in [6.07, 6.45) is 1.07. The van der Waals surface area contributed by atoms with Gasteiger partial charge >= 0.3 is 5.97 Å². The summed E-state index contributed by atoms with van der Waals surface area (Å²) in [5.74, 6) is 0.685. The monoisotopic (exact) mass is 363 g/mol. The van der Waals surface area contributed by atoms with Gasteiger partial charge in [0.25, 0.3) is 5.56 Å². The summed E-state index contributed by atoms with van der Waals surface area (Å²) in [6.45, 7) is 0. The number of ether oxygens (including phenoxy) is 2. The molecule has 1 heterocycles. The van der Waals surface area contributed by atoms with E-state index in [0.29, 0.717) is 40.9 Å². The maximum atomic E-state index is 12.1. The number of nitriles is 1. The lowest BCUT2D eigenvalue weighted by Crippen LogP contribution is -2.13. The Bertz CT molecular complexity index is 1080. The number of carbonyl (C=O) groups is 1. The smallest absolute Gasteiger partial charge is 0.311 e. The number of nitrogens with zero attached hydrogens (tertiary/aromatic N) is 2. The number of rotatable bonds is 6. The molecule has 3 aromatic rings. The minimum atomic E-state index is -0.429. The number of hydrogen-bond donors (Lipinski definition) is 1. The predicted molar refractivity (Wildman–Crippen MR) is 98.6 cm³/mol. The Labute approximate surface area is 155 Å². The molecule has 0 saturated carbocycles. The summed E-state index contributed by atoms with van der Waals surface area (Å²) in [6, 6.07) is 13.7. The third-order valence-corrected chi connectivity index (χ3v) is 3.97. The van der Waals surface area contributed by atoms with Gasteiger partial charge in [0.2, 0.25) is 0 Å². The highest BCUT2D eigenvalue weighted by molar-refractivity contribution is 5.77. The maximum absolute atomic E-state index is 12.1. The minimum Gasteiger partial charge on any atom is -0.493 e. The largest absolute Gasteiger partial charge is 0.493 e. The first-order chi connectivity index (χ1) is 13.1. The number of aromatic amines is 1. The van der Waals surface area contributed by atoms with Gasteiger partial charge < -0.3 is 14.5 Å². The lowest BCUT2D eigenvalue weighted by atomic mass is 10.2. The van der Waals surface area contributed by atoms with E-state index in [0.717, 1.165) is 0 Å². The molecule has 136 valence electrons. The van der Waals surface area contributed by atoms with Gasteiger partial charge in [-0.1, -0.05) is 12.1 Å². The molecule has 0 aliphatic heterocycles. The van der Waals surface area contributed by atoms with Gasteiger partial charge in [-0.05, 0) is 30.7 Å². The van der Waals surface area contributed by atoms with Gasteiger partial charge in [-0.3, -0.25) is 9.59 Å². The number of esters is 1. The van der Waals surface area contributed by atoms with Crippen LogP contribution in [-0.2, 0) is 11.2 Å². The fourth-order valence-corrected chi connectivity index (χ4v) is 2.65. The normalized spacial score (nSPS) is 10.4. The number of H-pyrrole nitrogens is 1. The highest BCUT2D eigenvalue weighted by Gasteiger charge is 2.11. The van der Waals surface area contributed by atoms with Crippen molar-refractivity contribution in [3.05, 3.63) is 64.2 Å². The van der Waals surface area contributed by atoms with Crippen LogP contribution in [0.1, 0.15) is 24.2 Å². The zero-order valence-corrected chi connectivity index (χ0v) is 14.7. The van der Waals surface area contributed by atoms with Crippen molar-refractivity contribution in [2.24, 2.45) is 0 Å². The van der Waals surface area contributed by atoms with Crippen LogP contribution < -0.4 is 15.0 Å². The quantitative estimate of drug-likeness (QED) is 0.533. The highest BCUT2D eigenvalue weighted by Crippen LogP contribution is 2.28. The van der Waals surface area contributed by atoms with E-state index in [4.69, 9.17) is 14.7 Å². The molecule has 0 unspecified atom stereocenters. The molecule has 0 saturated heterocycles. The number of nitrogens with one attached hydrogen (secondary N) is 1. The summed E-state index contributed by atoms with van der Waals surface area (Å²) >= 11 is 0. The van der Waals surface area contributed by atoms with E-state index < -0.39 is 5.97 Å². The van der Waals surface area contributed by atoms with Crippen molar-refractivity contribution in [2.75, 3.05) is 7.11 Å². The number of benzene rings is 2. The summed E-state index contributed by atoms with van der Waals surface area (Å²) in [5, 5.41) is 9.43. The molecule has 1 N–H and O–H groups in total. The summed E-state index contributed by atoms with van der Waals surface area (Å²) in [5.41, 5.74) is 0.847. The Balaban J connectivity index is 1.60. The number of fused-ring (bicyclic) bond motifs is 1. The molecule has 27 heavy (non-hydrogen) atoms. The summed E-state index contributed by atoms with van der Waals surface area (Å²) in [4.78, 5) is 31.2. The molecule has 0 aliphatic carbocycles. The Kier molecular flexibility index (Phi) is 5.47. The topological polar surface area (TPSA) is 105 Å². The molecule has 0 bridgehead atoms. The van der Waals surface area contributed by atoms with Gasteiger partial charge in [0.15, 0.2) is 11.5 Å².